The van der Waals surface area contributed by atoms with E-state index in [2.05, 4.69) is 93.7 Å². The monoisotopic (exact) mass is 1090 g/mol. The molecule has 0 aliphatic rings. The van der Waals surface area contributed by atoms with Crippen LogP contribution in [0.5, 0.6) is 0 Å². The van der Waals surface area contributed by atoms with Crippen molar-refractivity contribution in [2.75, 3.05) is 26.4 Å². The molecule has 0 saturated heterocycles. The zero-order valence-corrected chi connectivity index (χ0v) is 49.6. The number of hydrogen-bond donors (Lipinski definition) is 2. The van der Waals surface area contributed by atoms with Crippen molar-refractivity contribution in [2.24, 2.45) is 0 Å². The predicted octanol–water partition coefficient (Wildman–Crippen LogP) is 18.5. The Bertz CT molecular complexity index is 1550. The third-order valence-corrected chi connectivity index (χ3v) is 14.0. The Kier molecular flexibility index (Phi) is 55.7. The van der Waals surface area contributed by atoms with Gasteiger partial charge in [-0.05, 0) is 109 Å². The lowest BCUT2D eigenvalue weighted by atomic mass is 10.1. The van der Waals surface area contributed by atoms with Gasteiger partial charge in [0.25, 0.3) is 0 Å². The van der Waals surface area contributed by atoms with Gasteiger partial charge in [0.05, 0.1) is 19.8 Å². The Morgan fingerprint density at radius 2 is 0.684 bits per heavy atom. The van der Waals surface area contributed by atoms with Crippen molar-refractivity contribution in [1.29, 1.82) is 0 Å². The zero-order chi connectivity index (χ0) is 55.5. The van der Waals surface area contributed by atoms with E-state index >= 15 is 0 Å². The molecule has 3 unspecified atom stereocenters. The number of carbonyl (C=O) groups is 3. The molecule has 0 bridgehead atoms. The summed E-state index contributed by atoms with van der Waals surface area (Å²) in [5.41, 5.74) is 0. The highest BCUT2D eigenvalue weighted by atomic mass is 31.2. The van der Waals surface area contributed by atoms with Gasteiger partial charge in [-0.15, -0.1) is 0 Å². The van der Waals surface area contributed by atoms with Crippen molar-refractivity contribution in [3.63, 3.8) is 0 Å². The van der Waals surface area contributed by atoms with Crippen LogP contribution in [0.3, 0.4) is 0 Å². The SMILES string of the molecule is CC/C=C\C/C=C\C/C=C\CCCCCCCCCC(=O)OC(COC(=O)CCCCCCCCC/C=C\C/C=C\CCCCC)COP(=O)(O)OCC(CO)OC(=O)CCCCCCC/C=C\CCCCCCCC. The molecule has 440 valence electrons. The molecular formula is C64H113O11P. The highest BCUT2D eigenvalue weighted by Gasteiger charge is 2.28. The second kappa shape index (κ2) is 58.1. The van der Waals surface area contributed by atoms with Gasteiger partial charge in [-0.1, -0.05) is 222 Å². The molecule has 0 aliphatic heterocycles. The molecule has 12 heteroatoms. The number of carbonyl (C=O) groups excluding carboxylic acids is 3. The van der Waals surface area contributed by atoms with Gasteiger partial charge >= 0.3 is 25.7 Å². The molecule has 0 fully saturated rings. The first-order valence-corrected chi connectivity index (χ1v) is 32.3. The Morgan fingerprint density at radius 1 is 0.382 bits per heavy atom. The maximum Gasteiger partial charge on any atom is 0.472 e. The summed E-state index contributed by atoms with van der Waals surface area (Å²) in [7, 11) is -4.76. The van der Waals surface area contributed by atoms with Gasteiger partial charge in [0.1, 0.15) is 12.7 Å². The summed E-state index contributed by atoms with van der Waals surface area (Å²) >= 11 is 0. The van der Waals surface area contributed by atoms with Gasteiger partial charge in [-0.2, -0.15) is 0 Å². The molecule has 0 radical (unpaired) electrons. The molecule has 0 aliphatic carbocycles. The number of ether oxygens (including phenoxy) is 3. The van der Waals surface area contributed by atoms with Gasteiger partial charge in [0, 0.05) is 19.3 Å². The third kappa shape index (κ3) is 55.7. The van der Waals surface area contributed by atoms with E-state index in [1.165, 1.54) is 89.9 Å². The van der Waals surface area contributed by atoms with Crippen LogP contribution in [0.2, 0.25) is 0 Å². The van der Waals surface area contributed by atoms with Crippen LogP contribution in [-0.4, -0.2) is 66.5 Å². The number of phosphoric acid groups is 1. The van der Waals surface area contributed by atoms with Crippen molar-refractivity contribution in [3.05, 3.63) is 72.9 Å². The molecule has 2 N–H and O–H groups in total. The first-order chi connectivity index (χ1) is 37.2. The van der Waals surface area contributed by atoms with Gasteiger partial charge in [-0.3, -0.25) is 23.4 Å². The molecule has 0 aromatic heterocycles. The summed E-state index contributed by atoms with van der Waals surface area (Å²) in [5, 5.41) is 9.83. The number of allylic oxidation sites excluding steroid dienone is 12. The summed E-state index contributed by atoms with van der Waals surface area (Å²) in [4.78, 5) is 48.7. The molecule has 0 saturated carbocycles. The normalized spacial score (nSPS) is 13.8. The van der Waals surface area contributed by atoms with Crippen molar-refractivity contribution < 1.29 is 52.2 Å². The number of aliphatic hydroxyl groups excluding tert-OH is 1. The van der Waals surface area contributed by atoms with Crippen LogP contribution in [0.1, 0.15) is 278 Å². The van der Waals surface area contributed by atoms with E-state index in [0.717, 1.165) is 128 Å². The summed E-state index contributed by atoms with van der Waals surface area (Å²) in [6, 6.07) is 0. The molecule has 0 spiro atoms. The largest absolute Gasteiger partial charge is 0.472 e. The minimum absolute atomic E-state index is 0.153. The molecule has 0 rings (SSSR count). The summed E-state index contributed by atoms with van der Waals surface area (Å²) in [5.74, 6) is -1.49. The van der Waals surface area contributed by atoms with Gasteiger partial charge in [0.15, 0.2) is 6.10 Å². The Balaban J connectivity index is 4.74. The van der Waals surface area contributed by atoms with E-state index < -0.39 is 57.8 Å². The van der Waals surface area contributed by atoms with Crippen molar-refractivity contribution in [2.45, 2.75) is 290 Å². The molecular weight excluding hydrogens is 976 g/mol. The minimum Gasteiger partial charge on any atom is -0.462 e. The van der Waals surface area contributed by atoms with E-state index in [1.54, 1.807) is 0 Å². The second-order valence-corrected chi connectivity index (χ2v) is 21.9. The summed E-state index contributed by atoms with van der Waals surface area (Å²) in [6.07, 6.45) is 65.6. The van der Waals surface area contributed by atoms with Crippen molar-refractivity contribution >= 4 is 25.7 Å². The maximum atomic E-state index is 12.9. The van der Waals surface area contributed by atoms with Gasteiger partial charge in [-0.25, -0.2) is 4.57 Å². The van der Waals surface area contributed by atoms with Crippen LogP contribution in [0.4, 0.5) is 0 Å². The smallest absolute Gasteiger partial charge is 0.462 e. The Morgan fingerprint density at radius 3 is 1.09 bits per heavy atom. The number of aliphatic hydroxyl groups is 1. The lowest BCUT2D eigenvalue weighted by Crippen LogP contribution is -2.30. The highest BCUT2D eigenvalue weighted by Crippen LogP contribution is 2.43. The number of phosphoric ester groups is 1. The van der Waals surface area contributed by atoms with Crippen LogP contribution >= 0.6 is 7.82 Å². The molecule has 76 heavy (non-hydrogen) atoms. The Hall–Kier alpha value is -3.08. The van der Waals surface area contributed by atoms with E-state index in [9.17, 15) is 28.9 Å². The standard InChI is InChI=1S/C64H113O11P/c1-4-7-10-13-16-19-22-25-28-30-33-35-38-41-44-47-50-53-62(66)71-57-61(75-64(68)55-52-49-46-43-40-37-34-31-29-26-23-20-17-14-11-8-5-2)59-73-76(69,70)72-58-60(56-65)74-63(67)54-51-48-45-42-39-36-32-27-24-21-18-15-12-9-6-3/h8,11,16-17,19-20,25-29,32,60-61,65H,4-7,9-10,12-15,18,21-24,30-31,33-59H2,1-3H3,(H,69,70)/b11-8-,19-16-,20-17-,28-25-,29-26-,32-27-. The fraction of sp³-hybridized carbons (Fsp3) is 0.766. The predicted molar refractivity (Wildman–Crippen MR) is 316 cm³/mol. The average molecular weight is 1090 g/mol. The summed E-state index contributed by atoms with van der Waals surface area (Å²) in [6.45, 7) is 4.50. The van der Waals surface area contributed by atoms with E-state index in [4.69, 9.17) is 23.3 Å². The van der Waals surface area contributed by atoms with Crippen LogP contribution in [0.25, 0.3) is 0 Å². The van der Waals surface area contributed by atoms with Crippen molar-refractivity contribution in [1.82, 2.24) is 0 Å². The quantitative estimate of drug-likeness (QED) is 0.0197. The third-order valence-electron chi connectivity index (χ3n) is 13.1. The zero-order valence-electron chi connectivity index (χ0n) is 48.7. The fourth-order valence-electron chi connectivity index (χ4n) is 8.40. The number of esters is 3. The first-order valence-electron chi connectivity index (χ1n) is 30.8. The molecule has 3 atom stereocenters. The topological polar surface area (TPSA) is 155 Å². The van der Waals surface area contributed by atoms with E-state index in [1.807, 2.05) is 0 Å². The summed E-state index contributed by atoms with van der Waals surface area (Å²) < 4.78 is 39.6. The van der Waals surface area contributed by atoms with Crippen LogP contribution in [-0.2, 0) is 42.2 Å². The molecule has 0 amide bonds. The molecule has 11 nitrogen and oxygen atoms in total. The van der Waals surface area contributed by atoms with Gasteiger partial charge < -0.3 is 24.2 Å². The number of unbranched alkanes of at least 4 members (excludes halogenated alkanes) is 28. The fourth-order valence-corrected chi connectivity index (χ4v) is 9.18. The number of hydrogen-bond acceptors (Lipinski definition) is 10. The minimum atomic E-state index is -4.76. The van der Waals surface area contributed by atoms with E-state index in [-0.39, 0.29) is 25.9 Å². The maximum absolute atomic E-state index is 12.9. The lowest BCUT2D eigenvalue weighted by molar-refractivity contribution is -0.161. The lowest BCUT2D eigenvalue weighted by Gasteiger charge is -2.21. The first kappa shape index (κ1) is 72.9. The van der Waals surface area contributed by atoms with Crippen LogP contribution in [0.15, 0.2) is 72.9 Å². The molecule has 0 aromatic carbocycles. The van der Waals surface area contributed by atoms with Gasteiger partial charge in [0.2, 0.25) is 0 Å². The highest BCUT2D eigenvalue weighted by molar-refractivity contribution is 7.47. The average Bonchev–Trinajstić information content (AvgIpc) is 3.41. The van der Waals surface area contributed by atoms with Crippen LogP contribution in [0, 0.1) is 0 Å². The van der Waals surface area contributed by atoms with Crippen molar-refractivity contribution in [3.8, 4) is 0 Å². The second-order valence-electron chi connectivity index (χ2n) is 20.5. The van der Waals surface area contributed by atoms with E-state index in [0.29, 0.717) is 19.3 Å². The molecule has 0 heterocycles. The van der Waals surface area contributed by atoms with Crippen LogP contribution < -0.4 is 0 Å². The number of rotatable bonds is 57. The molecule has 0 aromatic rings. The Labute approximate surface area is 465 Å².